The molecule has 0 aliphatic carbocycles. The molecule has 20 heavy (non-hydrogen) atoms. The third-order valence-electron chi connectivity index (χ3n) is 4.08. The fourth-order valence-corrected chi connectivity index (χ4v) is 2.66. The molecular weight excluding hydrogens is 254 g/mol. The Kier molecular flexibility index (Phi) is 4.74. The van der Waals surface area contributed by atoms with Crippen molar-refractivity contribution in [2.24, 2.45) is 11.7 Å². The van der Waals surface area contributed by atoms with Crippen LogP contribution >= 0.6 is 0 Å². The van der Waals surface area contributed by atoms with Gasteiger partial charge in [0.25, 0.3) is 5.91 Å². The summed E-state index contributed by atoms with van der Waals surface area (Å²) in [6.07, 6.45) is 1.54. The number of quaternary nitrogens is 1. The molecule has 0 aromatic heterocycles. The Bertz CT molecular complexity index is 467. The Hall–Kier alpha value is -1.88. The first kappa shape index (κ1) is 14.5. The molecule has 1 aromatic carbocycles. The van der Waals surface area contributed by atoms with Gasteiger partial charge in [-0.3, -0.25) is 9.59 Å². The lowest BCUT2D eigenvalue weighted by molar-refractivity contribution is -0.919. The van der Waals surface area contributed by atoms with E-state index in [0.717, 1.165) is 31.6 Å². The fraction of sp³-hybridized carbons (Fsp3) is 0.467. The molecule has 5 nitrogen and oxygen atoms in total. The van der Waals surface area contributed by atoms with Crippen molar-refractivity contribution in [2.45, 2.75) is 25.8 Å². The fourth-order valence-electron chi connectivity index (χ4n) is 2.66. The zero-order valence-corrected chi connectivity index (χ0v) is 11.8. The van der Waals surface area contributed by atoms with Gasteiger partial charge in [-0.05, 0) is 19.1 Å². The molecule has 1 atom stereocenters. The molecule has 0 spiro atoms. The third-order valence-corrected chi connectivity index (χ3v) is 4.08. The van der Waals surface area contributed by atoms with Gasteiger partial charge in [0.2, 0.25) is 5.91 Å². The van der Waals surface area contributed by atoms with Crippen molar-refractivity contribution in [3.8, 4) is 0 Å². The van der Waals surface area contributed by atoms with Crippen molar-refractivity contribution in [1.29, 1.82) is 0 Å². The molecule has 0 unspecified atom stereocenters. The summed E-state index contributed by atoms with van der Waals surface area (Å²) in [5.74, 6) is -0.225. The minimum atomic E-state index is -0.217. The zero-order valence-electron chi connectivity index (χ0n) is 11.8. The van der Waals surface area contributed by atoms with Crippen molar-refractivity contribution >= 4 is 17.5 Å². The minimum absolute atomic E-state index is 0.0173. The van der Waals surface area contributed by atoms with E-state index in [4.69, 9.17) is 5.73 Å². The molecule has 1 heterocycles. The van der Waals surface area contributed by atoms with Gasteiger partial charge in [-0.1, -0.05) is 18.2 Å². The van der Waals surface area contributed by atoms with Crippen LogP contribution in [0.25, 0.3) is 0 Å². The molecule has 1 saturated heterocycles. The molecule has 2 rings (SSSR count). The quantitative estimate of drug-likeness (QED) is 0.712. The molecule has 1 aliphatic rings. The van der Waals surface area contributed by atoms with Gasteiger partial charge in [-0.25, -0.2) is 0 Å². The van der Waals surface area contributed by atoms with E-state index in [1.54, 1.807) is 0 Å². The van der Waals surface area contributed by atoms with Crippen molar-refractivity contribution in [1.82, 2.24) is 0 Å². The Balaban J connectivity index is 1.87. The minimum Gasteiger partial charge on any atom is -0.369 e. The first-order chi connectivity index (χ1) is 9.58. The molecule has 1 aliphatic heterocycles. The van der Waals surface area contributed by atoms with E-state index < -0.39 is 0 Å². The van der Waals surface area contributed by atoms with Gasteiger partial charge >= 0.3 is 0 Å². The number of carbonyl (C=O) groups is 2. The summed E-state index contributed by atoms with van der Waals surface area (Å²) in [6.45, 7) is 3.56. The highest BCUT2D eigenvalue weighted by molar-refractivity contribution is 5.93. The van der Waals surface area contributed by atoms with Crippen LogP contribution in [0.2, 0.25) is 0 Å². The van der Waals surface area contributed by atoms with E-state index in [1.165, 1.54) is 4.90 Å². The number of primary amides is 1. The number of hydrogen-bond acceptors (Lipinski definition) is 2. The molecule has 108 valence electrons. The summed E-state index contributed by atoms with van der Waals surface area (Å²) in [5, 5.41) is 2.92. The van der Waals surface area contributed by atoms with Crippen molar-refractivity contribution in [2.75, 3.05) is 18.4 Å². The van der Waals surface area contributed by atoms with Crippen molar-refractivity contribution in [3.05, 3.63) is 30.3 Å². The van der Waals surface area contributed by atoms with E-state index in [-0.39, 0.29) is 23.8 Å². The average molecular weight is 276 g/mol. The summed E-state index contributed by atoms with van der Waals surface area (Å²) in [7, 11) is 0. The SMILES string of the molecule is C[C@@H](C(=O)Nc1ccccc1)[NH+]1CCC(C(N)=O)CC1. The molecule has 0 radical (unpaired) electrons. The second-order valence-electron chi connectivity index (χ2n) is 5.41. The summed E-state index contributed by atoms with van der Waals surface area (Å²) in [4.78, 5) is 24.6. The number of carbonyl (C=O) groups excluding carboxylic acids is 2. The zero-order chi connectivity index (χ0) is 14.5. The predicted octanol–water partition coefficient (Wildman–Crippen LogP) is -0.206. The maximum Gasteiger partial charge on any atom is 0.282 e. The van der Waals surface area contributed by atoms with Crippen LogP contribution in [-0.4, -0.2) is 30.9 Å². The lowest BCUT2D eigenvalue weighted by Gasteiger charge is -2.31. The Morgan fingerprint density at radius 1 is 1.25 bits per heavy atom. The van der Waals surface area contributed by atoms with Crippen LogP contribution in [-0.2, 0) is 9.59 Å². The number of likely N-dealkylation sites (tertiary alicyclic amines) is 1. The number of anilines is 1. The standard InChI is InChI=1S/C15H21N3O2/c1-11(15(20)17-13-5-3-2-4-6-13)18-9-7-12(8-10-18)14(16)19/h2-6,11-12H,7-10H2,1H3,(H2,16,19)(H,17,20)/p+1/t11-/m0/s1. The first-order valence-corrected chi connectivity index (χ1v) is 7.07. The van der Waals surface area contributed by atoms with Crippen LogP contribution in [0, 0.1) is 5.92 Å². The number of amides is 2. The number of nitrogens with one attached hydrogen (secondary N) is 2. The van der Waals surface area contributed by atoms with Gasteiger partial charge in [0.05, 0.1) is 13.1 Å². The summed E-state index contributed by atoms with van der Waals surface area (Å²) in [5.41, 5.74) is 6.14. The molecule has 4 N–H and O–H groups in total. The van der Waals surface area contributed by atoms with E-state index in [1.807, 2.05) is 37.3 Å². The largest absolute Gasteiger partial charge is 0.369 e. The predicted molar refractivity (Wildman–Crippen MR) is 77.1 cm³/mol. The topological polar surface area (TPSA) is 76.6 Å². The van der Waals surface area contributed by atoms with E-state index >= 15 is 0 Å². The summed E-state index contributed by atoms with van der Waals surface area (Å²) >= 11 is 0. The molecule has 2 amide bonds. The second kappa shape index (κ2) is 6.52. The smallest absolute Gasteiger partial charge is 0.282 e. The summed E-state index contributed by atoms with van der Waals surface area (Å²) < 4.78 is 0. The highest BCUT2D eigenvalue weighted by Crippen LogP contribution is 2.09. The van der Waals surface area contributed by atoms with Gasteiger partial charge in [0.15, 0.2) is 6.04 Å². The van der Waals surface area contributed by atoms with Crippen LogP contribution < -0.4 is 16.0 Å². The Labute approximate surface area is 119 Å². The van der Waals surface area contributed by atoms with Gasteiger partial charge < -0.3 is 16.0 Å². The van der Waals surface area contributed by atoms with Crippen molar-refractivity contribution < 1.29 is 14.5 Å². The first-order valence-electron chi connectivity index (χ1n) is 7.07. The van der Waals surface area contributed by atoms with Crippen molar-refractivity contribution in [3.63, 3.8) is 0 Å². The van der Waals surface area contributed by atoms with E-state index in [2.05, 4.69) is 5.32 Å². The second-order valence-corrected chi connectivity index (χ2v) is 5.41. The third kappa shape index (κ3) is 3.57. The molecular formula is C15H22N3O2+. The highest BCUT2D eigenvalue weighted by atomic mass is 16.2. The van der Waals surface area contributed by atoms with E-state index in [0.29, 0.717) is 0 Å². The molecule has 0 bridgehead atoms. The maximum atomic E-state index is 12.2. The van der Waals surface area contributed by atoms with Crippen LogP contribution in [0.1, 0.15) is 19.8 Å². The number of nitrogens with two attached hydrogens (primary N) is 1. The average Bonchev–Trinajstić information content (AvgIpc) is 2.47. The van der Waals surface area contributed by atoms with E-state index in [9.17, 15) is 9.59 Å². The molecule has 0 saturated carbocycles. The number of para-hydroxylation sites is 1. The van der Waals surface area contributed by atoms with Crippen LogP contribution in [0.5, 0.6) is 0 Å². The number of benzene rings is 1. The van der Waals surface area contributed by atoms with Crippen LogP contribution in [0.3, 0.4) is 0 Å². The van der Waals surface area contributed by atoms with Crippen LogP contribution in [0.4, 0.5) is 5.69 Å². The molecule has 5 heteroatoms. The number of hydrogen-bond donors (Lipinski definition) is 3. The normalized spacial score (nSPS) is 23.9. The van der Waals surface area contributed by atoms with Gasteiger partial charge in [0.1, 0.15) is 0 Å². The molecule has 1 aromatic rings. The van der Waals surface area contributed by atoms with Gasteiger partial charge in [0, 0.05) is 24.4 Å². The number of rotatable bonds is 4. The van der Waals surface area contributed by atoms with Crippen LogP contribution in [0.15, 0.2) is 30.3 Å². The van der Waals surface area contributed by atoms with Gasteiger partial charge in [-0.2, -0.15) is 0 Å². The maximum absolute atomic E-state index is 12.2. The lowest BCUT2D eigenvalue weighted by Crippen LogP contribution is -3.17. The molecule has 1 fully saturated rings. The number of piperidine rings is 1. The Morgan fingerprint density at radius 3 is 2.40 bits per heavy atom. The lowest BCUT2D eigenvalue weighted by atomic mass is 9.95. The highest BCUT2D eigenvalue weighted by Gasteiger charge is 2.31. The Morgan fingerprint density at radius 2 is 1.85 bits per heavy atom. The van der Waals surface area contributed by atoms with Gasteiger partial charge in [-0.15, -0.1) is 0 Å². The monoisotopic (exact) mass is 276 g/mol. The summed E-state index contributed by atoms with van der Waals surface area (Å²) in [6, 6.07) is 9.33.